The second-order valence-corrected chi connectivity index (χ2v) is 10.7. The quantitative estimate of drug-likeness (QED) is 0.504. The van der Waals surface area contributed by atoms with E-state index in [0.717, 1.165) is 38.0 Å². The van der Waals surface area contributed by atoms with E-state index >= 15 is 0 Å². The highest BCUT2D eigenvalue weighted by atomic mass is 32.2. The van der Waals surface area contributed by atoms with Gasteiger partial charge in [-0.1, -0.05) is 47.5 Å². The maximum absolute atomic E-state index is 12.8. The molecular formula is C27H31N3O3S. The minimum Gasteiger partial charge on any atom is -0.326 e. The van der Waals surface area contributed by atoms with E-state index in [1.54, 1.807) is 24.3 Å². The topological polar surface area (TPSA) is 78.5 Å². The summed E-state index contributed by atoms with van der Waals surface area (Å²) in [5.74, 6) is -0.0516. The molecule has 0 bridgehead atoms. The third-order valence-corrected chi connectivity index (χ3v) is 7.62. The number of carbonyl (C=O) groups is 1. The second kappa shape index (κ2) is 10.4. The van der Waals surface area contributed by atoms with E-state index in [1.165, 1.54) is 23.3 Å². The molecule has 6 nitrogen and oxygen atoms in total. The number of benzene rings is 3. The van der Waals surface area contributed by atoms with E-state index in [4.69, 9.17) is 0 Å². The number of nitrogens with zero attached hydrogens (tertiary/aromatic N) is 1. The zero-order valence-electron chi connectivity index (χ0n) is 19.6. The van der Waals surface area contributed by atoms with E-state index in [2.05, 4.69) is 46.1 Å². The molecule has 3 aromatic rings. The van der Waals surface area contributed by atoms with Gasteiger partial charge in [-0.05, 0) is 81.7 Å². The molecule has 1 aliphatic heterocycles. The van der Waals surface area contributed by atoms with E-state index in [9.17, 15) is 13.2 Å². The number of likely N-dealkylation sites (tertiary alicyclic amines) is 1. The predicted molar refractivity (Wildman–Crippen MR) is 136 cm³/mol. The Morgan fingerprint density at radius 2 is 1.35 bits per heavy atom. The number of nitrogens with one attached hydrogen (secondary N) is 2. The van der Waals surface area contributed by atoms with Gasteiger partial charge in [-0.2, -0.15) is 0 Å². The molecule has 1 fully saturated rings. The smallest absolute Gasteiger partial charge is 0.261 e. The molecule has 1 heterocycles. The molecule has 4 rings (SSSR count). The number of anilines is 2. The van der Waals surface area contributed by atoms with Gasteiger partial charge in [-0.15, -0.1) is 0 Å². The van der Waals surface area contributed by atoms with Gasteiger partial charge in [0, 0.05) is 23.8 Å². The summed E-state index contributed by atoms with van der Waals surface area (Å²) in [6.45, 7) is 6.70. The maximum atomic E-state index is 12.8. The Kier molecular flexibility index (Phi) is 7.34. The Labute approximate surface area is 202 Å². The van der Waals surface area contributed by atoms with E-state index in [1.807, 2.05) is 19.1 Å². The molecule has 0 aliphatic carbocycles. The summed E-state index contributed by atoms with van der Waals surface area (Å²) in [5.41, 5.74) is 4.71. The molecule has 1 amide bonds. The Balaban J connectivity index is 1.29. The summed E-state index contributed by atoms with van der Waals surface area (Å²) in [5, 5.41) is 2.94. The first-order chi connectivity index (χ1) is 16.3. The molecule has 0 aromatic heterocycles. The SMILES string of the molecule is Cc1ccc(CN2CCC(C(=O)Nc3ccc(S(=O)(=O)Nc4ccc(C)cc4)cc3)CC2)cc1. The number of sulfonamides is 1. The third kappa shape index (κ3) is 6.24. The molecule has 1 aliphatic rings. The van der Waals surface area contributed by atoms with Crippen LogP contribution in [0.2, 0.25) is 0 Å². The normalized spacial score (nSPS) is 15.1. The second-order valence-electron chi connectivity index (χ2n) is 9.02. The molecule has 3 aromatic carbocycles. The van der Waals surface area contributed by atoms with E-state index in [0.29, 0.717) is 11.4 Å². The molecule has 2 N–H and O–H groups in total. The number of aryl methyl sites for hydroxylation is 2. The molecule has 0 saturated carbocycles. The maximum Gasteiger partial charge on any atom is 0.261 e. The molecule has 178 valence electrons. The number of hydrogen-bond donors (Lipinski definition) is 2. The van der Waals surface area contributed by atoms with Crippen molar-refractivity contribution in [2.75, 3.05) is 23.1 Å². The average molecular weight is 478 g/mol. The fourth-order valence-electron chi connectivity index (χ4n) is 4.10. The van der Waals surface area contributed by atoms with Gasteiger partial charge in [0.15, 0.2) is 0 Å². The molecule has 0 unspecified atom stereocenters. The van der Waals surface area contributed by atoms with Crippen molar-refractivity contribution in [2.24, 2.45) is 5.92 Å². The van der Waals surface area contributed by atoms with Crippen LogP contribution in [0.25, 0.3) is 0 Å². The van der Waals surface area contributed by atoms with Gasteiger partial charge < -0.3 is 5.32 Å². The minimum atomic E-state index is -3.69. The third-order valence-electron chi connectivity index (χ3n) is 6.22. The first-order valence-corrected chi connectivity index (χ1v) is 13.1. The number of piperidine rings is 1. The van der Waals surface area contributed by atoms with Crippen LogP contribution >= 0.6 is 0 Å². The monoisotopic (exact) mass is 477 g/mol. The van der Waals surface area contributed by atoms with Crippen LogP contribution in [0.4, 0.5) is 11.4 Å². The Bertz CT molecular complexity index is 1210. The Morgan fingerprint density at radius 3 is 1.94 bits per heavy atom. The van der Waals surface area contributed by atoms with Crippen LogP contribution in [0.1, 0.15) is 29.5 Å². The van der Waals surface area contributed by atoms with Gasteiger partial charge >= 0.3 is 0 Å². The fourth-order valence-corrected chi connectivity index (χ4v) is 5.16. The lowest BCUT2D eigenvalue weighted by Crippen LogP contribution is -2.37. The lowest BCUT2D eigenvalue weighted by atomic mass is 9.95. The minimum absolute atomic E-state index is 0.0108. The molecule has 0 spiro atoms. The molecular weight excluding hydrogens is 446 g/mol. The average Bonchev–Trinajstić information content (AvgIpc) is 2.83. The summed E-state index contributed by atoms with van der Waals surface area (Å²) in [7, 11) is -3.69. The molecule has 0 radical (unpaired) electrons. The van der Waals surface area contributed by atoms with Crippen molar-refractivity contribution in [1.29, 1.82) is 0 Å². The number of carbonyl (C=O) groups excluding carboxylic acids is 1. The fraction of sp³-hybridized carbons (Fsp3) is 0.296. The standard InChI is InChI=1S/C27H31N3O3S/c1-20-3-7-22(8-4-20)19-30-17-15-23(16-18-30)27(31)28-24-11-13-26(14-12-24)34(32,33)29-25-9-5-21(2)6-10-25/h3-14,23,29H,15-19H2,1-2H3,(H,28,31). The summed E-state index contributed by atoms with van der Waals surface area (Å²) in [4.78, 5) is 15.3. The largest absolute Gasteiger partial charge is 0.326 e. The van der Waals surface area contributed by atoms with Gasteiger partial charge in [0.1, 0.15) is 0 Å². The van der Waals surface area contributed by atoms with Gasteiger partial charge in [0.2, 0.25) is 5.91 Å². The number of hydrogen-bond acceptors (Lipinski definition) is 4. The van der Waals surface area contributed by atoms with Crippen LogP contribution in [0.15, 0.2) is 77.7 Å². The Morgan fingerprint density at radius 1 is 0.824 bits per heavy atom. The van der Waals surface area contributed by atoms with Gasteiger partial charge in [-0.25, -0.2) is 8.42 Å². The van der Waals surface area contributed by atoms with Crippen LogP contribution in [0.5, 0.6) is 0 Å². The van der Waals surface area contributed by atoms with Gasteiger partial charge in [0.25, 0.3) is 10.0 Å². The molecule has 34 heavy (non-hydrogen) atoms. The summed E-state index contributed by atoms with van der Waals surface area (Å²) in [6, 6.07) is 22.0. The van der Waals surface area contributed by atoms with Gasteiger partial charge in [-0.3, -0.25) is 14.4 Å². The van der Waals surface area contributed by atoms with Crippen LogP contribution in [0.3, 0.4) is 0 Å². The van der Waals surface area contributed by atoms with Crippen LogP contribution < -0.4 is 10.0 Å². The predicted octanol–water partition coefficient (Wildman–Crippen LogP) is 4.95. The van der Waals surface area contributed by atoms with Crippen molar-refractivity contribution >= 4 is 27.3 Å². The van der Waals surface area contributed by atoms with E-state index in [-0.39, 0.29) is 16.7 Å². The number of amides is 1. The molecule has 7 heteroatoms. The van der Waals surface area contributed by atoms with Crippen molar-refractivity contribution in [2.45, 2.75) is 38.1 Å². The van der Waals surface area contributed by atoms with Crippen molar-refractivity contribution in [3.63, 3.8) is 0 Å². The molecule has 1 saturated heterocycles. The van der Waals surface area contributed by atoms with E-state index < -0.39 is 10.0 Å². The first-order valence-electron chi connectivity index (χ1n) is 11.6. The van der Waals surface area contributed by atoms with Crippen molar-refractivity contribution < 1.29 is 13.2 Å². The highest BCUT2D eigenvalue weighted by molar-refractivity contribution is 7.92. The zero-order chi connectivity index (χ0) is 24.1. The van der Waals surface area contributed by atoms with Gasteiger partial charge in [0.05, 0.1) is 4.90 Å². The summed E-state index contributed by atoms with van der Waals surface area (Å²) < 4.78 is 27.9. The first kappa shape index (κ1) is 24.0. The van der Waals surface area contributed by atoms with Crippen molar-refractivity contribution in [3.8, 4) is 0 Å². The molecule has 0 atom stereocenters. The lowest BCUT2D eigenvalue weighted by molar-refractivity contribution is -0.121. The highest BCUT2D eigenvalue weighted by Crippen LogP contribution is 2.23. The zero-order valence-corrected chi connectivity index (χ0v) is 20.4. The van der Waals surface area contributed by atoms with Crippen LogP contribution in [0, 0.1) is 19.8 Å². The summed E-state index contributed by atoms with van der Waals surface area (Å²) >= 11 is 0. The number of rotatable bonds is 7. The van der Waals surface area contributed by atoms with Crippen LogP contribution in [-0.2, 0) is 21.4 Å². The van der Waals surface area contributed by atoms with Crippen LogP contribution in [-0.4, -0.2) is 32.3 Å². The summed E-state index contributed by atoms with van der Waals surface area (Å²) in [6.07, 6.45) is 1.62. The lowest BCUT2D eigenvalue weighted by Gasteiger charge is -2.31. The van der Waals surface area contributed by atoms with Crippen molar-refractivity contribution in [1.82, 2.24) is 4.90 Å². The highest BCUT2D eigenvalue weighted by Gasteiger charge is 2.25. The Hall–Kier alpha value is -3.16. The van der Waals surface area contributed by atoms with Crippen molar-refractivity contribution in [3.05, 3.63) is 89.5 Å².